The average molecular weight is 282 g/mol. The molecule has 2 heteroatoms. The first-order valence-electron chi connectivity index (χ1n) is 7.83. The van der Waals surface area contributed by atoms with Crippen LogP contribution in [0.4, 0.5) is 0 Å². The minimum atomic E-state index is 0.162. The molecule has 0 bridgehead atoms. The number of hydrogen-bond acceptors (Lipinski definition) is 1. The highest BCUT2D eigenvalue weighted by atomic mass is 15.0. The number of aromatic nitrogens is 1. The number of fused-ring (bicyclic) bond motifs is 1. The van der Waals surface area contributed by atoms with Crippen molar-refractivity contribution >= 4 is 0 Å². The van der Waals surface area contributed by atoms with Crippen LogP contribution in [0.5, 0.6) is 0 Å². The lowest BCUT2D eigenvalue weighted by Crippen LogP contribution is -2.30. The average Bonchev–Trinajstić information content (AvgIpc) is 2.68. The van der Waals surface area contributed by atoms with E-state index in [0.29, 0.717) is 0 Å². The monoisotopic (exact) mass is 282 g/mol. The molecule has 2 aromatic rings. The van der Waals surface area contributed by atoms with Crippen molar-refractivity contribution in [1.82, 2.24) is 4.57 Å². The van der Waals surface area contributed by atoms with Gasteiger partial charge in [-0.1, -0.05) is 19.9 Å². The first-order valence-corrected chi connectivity index (χ1v) is 7.83. The Morgan fingerprint density at radius 2 is 1.81 bits per heavy atom. The van der Waals surface area contributed by atoms with Crippen molar-refractivity contribution in [2.24, 2.45) is 11.1 Å². The molecule has 1 heterocycles. The van der Waals surface area contributed by atoms with Gasteiger partial charge in [-0.25, -0.2) is 0 Å². The van der Waals surface area contributed by atoms with Gasteiger partial charge < -0.3 is 10.3 Å². The molecule has 0 amide bonds. The minimum Gasteiger partial charge on any atom is -0.324 e. The molecule has 0 radical (unpaired) electrons. The number of aryl methyl sites for hydroxylation is 3. The molecule has 0 spiro atoms. The van der Waals surface area contributed by atoms with Gasteiger partial charge in [0.15, 0.2) is 0 Å². The van der Waals surface area contributed by atoms with Crippen molar-refractivity contribution in [3.05, 3.63) is 52.3 Å². The molecule has 2 nitrogen and oxygen atoms in total. The van der Waals surface area contributed by atoms with Gasteiger partial charge in [-0.3, -0.25) is 0 Å². The van der Waals surface area contributed by atoms with E-state index in [1.54, 1.807) is 0 Å². The SMILES string of the molecule is Cc1ccc(-n2c(C)cc3c2CC(C)(C)CC3N)cc1C. The van der Waals surface area contributed by atoms with E-state index in [4.69, 9.17) is 5.73 Å². The Morgan fingerprint density at radius 1 is 1.10 bits per heavy atom. The quantitative estimate of drug-likeness (QED) is 0.827. The fourth-order valence-corrected chi connectivity index (χ4v) is 3.67. The van der Waals surface area contributed by atoms with E-state index < -0.39 is 0 Å². The summed E-state index contributed by atoms with van der Waals surface area (Å²) < 4.78 is 2.41. The second kappa shape index (κ2) is 4.74. The van der Waals surface area contributed by atoms with Crippen molar-refractivity contribution < 1.29 is 0 Å². The van der Waals surface area contributed by atoms with E-state index in [-0.39, 0.29) is 11.5 Å². The lowest BCUT2D eigenvalue weighted by atomic mass is 9.74. The maximum absolute atomic E-state index is 6.42. The van der Waals surface area contributed by atoms with Crippen LogP contribution in [0, 0.1) is 26.2 Å². The zero-order chi connectivity index (χ0) is 15.4. The van der Waals surface area contributed by atoms with Gasteiger partial charge in [0.1, 0.15) is 0 Å². The highest BCUT2D eigenvalue weighted by Crippen LogP contribution is 2.41. The number of hydrogen-bond donors (Lipinski definition) is 1. The van der Waals surface area contributed by atoms with Crippen LogP contribution in [-0.4, -0.2) is 4.57 Å². The summed E-state index contributed by atoms with van der Waals surface area (Å²) in [5.41, 5.74) is 14.7. The molecule has 1 atom stereocenters. The molecule has 21 heavy (non-hydrogen) atoms. The van der Waals surface area contributed by atoms with Crippen LogP contribution in [-0.2, 0) is 6.42 Å². The van der Waals surface area contributed by atoms with E-state index in [1.165, 1.54) is 33.8 Å². The Bertz CT molecular complexity index is 692. The third kappa shape index (κ3) is 2.42. The summed E-state index contributed by atoms with van der Waals surface area (Å²) in [6.45, 7) is 11.2. The van der Waals surface area contributed by atoms with E-state index >= 15 is 0 Å². The Morgan fingerprint density at radius 3 is 2.48 bits per heavy atom. The molecule has 1 unspecified atom stereocenters. The summed E-state index contributed by atoms with van der Waals surface area (Å²) in [4.78, 5) is 0. The van der Waals surface area contributed by atoms with Crippen LogP contribution in [0.2, 0.25) is 0 Å². The van der Waals surface area contributed by atoms with Gasteiger partial charge in [-0.05, 0) is 73.9 Å². The van der Waals surface area contributed by atoms with Crippen molar-refractivity contribution in [3.8, 4) is 5.69 Å². The number of nitrogens with zero attached hydrogens (tertiary/aromatic N) is 1. The van der Waals surface area contributed by atoms with Crippen LogP contribution in [0.1, 0.15) is 54.4 Å². The Labute approximate surface area is 128 Å². The lowest BCUT2D eigenvalue weighted by molar-refractivity contribution is 0.278. The molecule has 0 fully saturated rings. The first-order chi connectivity index (χ1) is 9.78. The van der Waals surface area contributed by atoms with Gasteiger partial charge in [-0.2, -0.15) is 0 Å². The second-order valence-electron chi connectivity index (χ2n) is 7.44. The fourth-order valence-electron chi connectivity index (χ4n) is 3.67. The molecule has 0 saturated carbocycles. The zero-order valence-corrected chi connectivity index (χ0v) is 13.8. The third-order valence-corrected chi connectivity index (χ3v) is 4.89. The van der Waals surface area contributed by atoms with E-state index in [9.17, 15) is 0 Å². The molecule has 1 aromatic heterocycles. The first kappa shape index (κ1) is 14.4. The summed E-state index contributed by atoms with van der Waals surface area (Å²) >= 11 is 0. The predicted octanol–water partition coefficient (Wildman–Crippen LogP) is 4.37. The molecule has 0 saturated heterocycles. The van der Waals surface area contributed by atoms with Gasteiger partial charge >= 0.3 is 0 Å². The van der Waals surface area contributed by atoms with Crippen molar-refractivity contribution in [3.63, 3.8) is 0 Å². The maximum atomic E-state index is 6.42. The molecule has 1 aliphatic carbocycles. The van der Waals surface area contributed by atoms with Gasteiger partial charge in [0.25, 0.3) is 0 Å². The van der Waals surface area contributed by atoms with Gasteiger partial charge in [0, 0.05) is 23.1 Å². The Balaban J connectivity index is 2.18. The molecule has 1 aromatic carbocycles. The maximum Gasteiger partial charge on any atom is 0.0457 e. The molecule has 0 aliphatic heterocycles. The highest BCUT2D eigenvalue weighted by Gasteiger charge is 2.33. The third-order valence-electron chi connectivity index (χ3n) is 4.89. The van der Waals surface area contributed by atoms with Crippen LogP contribution >= 0.6 is 0 Å². The van der Waals surface area contributed by atoms with Gasteiger partial charge in [0.05, 0.1) is 0 Å². The summed E-state index contributed by atoms with van der Waals surface area (Å²) in [6, 6.07) is 9.17. The number of benzene rings is 1. The topological polar surface area (TPSA) is 30.9 Å². The van der Waals surface area contributed by atoms with Crippen molar-refractivity contribution in [2.45, 2.75) is 53.5 Å². The molecule has 112 valence electrons. The number of rotatable bonds is 1. The summed E-state index contributed by atoms with van der Waals surface area (Å²) in [5, 5.41) is 0. The normalized spacial score (nSPS) is 20.4. The smallest absolute Gasteiger partial charge is 0.0457 e. The van der Waals surface area contributed by atoms with Crippen LogP contribution < -0.4 is 5.73 Å². The molecule has 2 N–H and O–H groups in total. The minimum absolute atomic E-state index is 0.162. The molecule has 1 aliphatic rings. The fraction of sp³-hybridized carbons (Fsp3) is 0.474. The van der Waals surface area contributed by atoms with Crippen LogP contribution in [0.15, 0.2) is 24.3 Å². The summed E-state index contributed by atoms with van der Waals surface area (Å²) in [6.07, 6.45) is 2.16. The lowest BCUT2D eigenvalue weighted by Gasteiger charge is -2.34. The highest BCUT2D eigenvalue weighted by molar-refractivity contribution is 5.47. The van der Waals surface area contributed by atoms with Crippen molar-refractivity contribution in [2.75, 3.05) is 0 Å². The molecule has 3 rings (SSSR count). The van der Waals surface area contributed by atoms with E-state index in [2.05, 4.69) is 63.5 Å². The van der Waals surface area contributed by atoms with Crippen molar-refractivity contribution in [1.29, 1.82) is 0 Å². The standard InChI is InChI=1S/C19H26N2/c1-12-6-7-15(8-13(12)2)21-14(3)9-16-17(20)10-19(4,5)11-18(16)21/h6-9,17H,10-11,20H2,1-5H3. The largest absolute Gasteiger partial charge is 0.324 e. The van der Waals surface area contributed by atoms with E-state index in [1.807, 2.05) is 0 Å². The summed E-state index contributed by atoms with van der Waals surface area (Å²) in [7, 11) is 0. The predicted molar refractivity (Wildman–Crippen MR) is 89.0 cm³/mol. The number of nitrogens with two attached hydrogens (primary N) is 1. The van der Waals surface area contributed by atoms with Gasteiger partial charge in [0.2, 0.25) is 0 Å². The Hall–Kier alpha value is -1.54. The van der Waals surface area contributed by atoms with Crippen LogP contribution in [0.3, 0.4) is 0 Å². The summed E-state index contributed by atoms with van der Waals surface area (Å²) in [5.74, 6) is 0. The van der Waals surface area contributed by atoms with E-state index in [0.717, 1.165) is 12.8 Å². The Kier molecular flexibility index (Phi) is 3.25. The van der Waals surface area contributed by atoms with Crippen LogP contribution in [0.25, 0.3) is 5.69 Å². The molecular weight excluding hydrogens is 256 g/mol. The molecular formula is C19H26N2. The zero-order valence-electron chi connectivity index (χ0n) is 13.8. The second-order valence-corrected chi connectivity index (χ2v) is 7.44. The van der Waals surface area contributed by atoms with Gasteiger partial charge in [-0.15, -0.1) is 0 Å².